The Balaban J connectivity index is 1.81. The van der Waals surface area contributed by atoms with Gasteiger partial charge in [-0.05, 0) is 23.5 Å². The first-order chi connectivity index (χ1) is 15.2. The highest BCUT2D eigenvalue weighted by atomic mass is 16.2. The van der Waals surface area contributed by atoms with Gasteiger partial charge in [0.25, 0.3) is 5.56 Å². The number of anilines is 1. The van der Waals surface area contributed by atoms with Crippen LogP contribution >= 0.6 is 0 Å². The summed E-state index contributed by atoms with van der Waals surface area (Å²) in [5.74, 6) is -0.209. The van der Waals surface area contributed by atoms with E-state index in [1.54, 1.807) is 6.07 Å². The number of aromatic nitrogens is 2. The number of carbonyl (C=O) groups excluding carboxylic acids is 1. The van der Waals surface area contributed by atoms with E-state index in [2.05, 4.69) is 31.1 Å². The topological polar surface area (TPSA) is 84.0 Å². The van der Waals surface area contributed by atoms with Gasteiger partial charge in [-0.25, -0.2) is 4.79 Å². The molecule has 1 aromatic heterocycles. The number of nitrogens with one attached hydrogen (secondary N) is 2. The lowest BCUT2D eigenvalue weighted by Gasteiger charge is -2.30. The second-order valence-electron chi connectivity index (χ2n) is 9.36. The summed E-state index contributed by atoms with van der Waals surface area (Å²) in [4.78, 5) is 41.6. The Kier molecular flexibility index (Phi) is 4.38. The van der Waals surface area contributed by atoms with E-state index in [-0.39, 0.29) is 11.2 Å². The highest BCUT2D eigenvalue weighted by Crippen LogP contribution is 2.47. The van der Waals surface area contributed by atoms with Crippen molar-refractivity contribution in [3.63, 3.8) is 0 Å². The van der Waals surface area contributed by atoms with Crippen LogP contribution in [0.5, 0.6) is 0 Å². The fourth-order valence-corrected chi connectivity index (χ4v) is 4.78. The molecule has 6 heteroatoms. The van der Waals surface area contributed by atoms with Gasteiger partial charge in [-0.2, -0.15) is 0 Å². The maximum atomic E-state index is 13.5. The number of fused-ring (bicyclic) bond motifs is 3. The van der Waals surface area contributed by atoms with Gasteiger partial charge in [-0.15, -0.1) is 0 Å². The van der Waals surface area contributed by atoms with Crippen molar-refractivity contribution in [1.82, 2.24) is 9.55 Å². The molecule has 0 spiro atoms. The van der Waals surface area contributed by atoms with Gasteiger partial charge in [0.15, 0.2) is 5.78 Å². The number of hydrogen-bond donors (Lipinski definition) is 2. The van der Waals surface area contributed by atoms with Crippen molar-refractivity contribution in [3.05, 3.63) is 103 Å². The molecule has 2 heterocycles. The standard InChI is InChI=1S/C26H25N3O3/c1-5-29-23-20(24(31)28-25(29)32)18(14-10-12-15(13-11-14)26(2,3)4)19-21(27-23)16-8-6-7-9-17(16)22(19)30/h6-13,18,27H,5H2,1-4H3,(H,28,31,32)/t18-/m1/s1. The predicted molar refractivity (Wildman–Crippen MR) is 125 cm³/mol. The average molecular weight is 428 g/mol. The smallest absolute Gasteiger partial charge is 0.329 e. The summed E-state index contributed by atoms with van der Waals surface area (Å²) in [7, 11) is 0. The lowest BCUT2D eigenvalue weighted by Crippen LogP contribution is -2.38. The van der Waals surface area contributed by atoms with Crippen LogP contribution in [0.3, 0.4) is 0 Å². The van der Waals surface area contributed by atoms with Gasteiger partial charge in [-0.3, -0.25) is 19.1 Å². The zero-order valence-corrected chi connectivity index (χ0v) is 18.6. The van der Waals surface area contributed by atoms with Crippen molar-refractivity contribution in [3.8, 4) is 0 Å². The van der Waals surface area contributed by atoms with E-state index in [4.69, 9.17) is 0 Å². The highest BCUT2D eigenvalue weighted by molar-refractivity contribution is 6.23. The number of nitrogens with zero attached hydrogens (tertiary/aromatic N) is 1. The van der Waals surface area contributed by atoms with Crippen LogP contribution in [0.15, 0.2) is 63.7 Å². The summed E-state index contributed by atoms with van der Waals surface area (Å²) >= 11 is 0. The van der Waals surface area contributed by atoms with Crippen molar-refractivity contribution < 1.29 is 4.79 Å². The van der Waals surface area contributed by atoms with E-state index in [9.17, 15) is 14.4 Å². The number of carbonyl (C=O) groups is 1. The number of benzene rings is 2. The first kappa shape index (κ1) is 20.2. The van der Waals surface area contributed by atoms with Crippen LogP contribution in [0.25, 0.3) is 5.70 Å². The second kappa shape index (κ2) is 6.92. The monoisotopic (exact) mass is 427 g/mol. The van der Waals surface area contributed by atoms with E-state index in [0.717, 1.165) is 16.7 Å². The molecule has 0 radical (unpaired) electrons. The molecule has 1 aliphatic heterocycles. The van der Waals surface area contributed by atoms with E-state index in [0.29, 0.717) is 34.8 Å². The maximum absolute atomic E-state index is 13.5. The number of ketones is 1. The van der Waals surface area contributed by atoms with Crippen LogP contribution in [0.2, 0.25) is 0 Å². The number of hydrogen-bond acceptors (Lipinski definition) is 4. The lowest BCUT2D eigenvalue weighted by atomic mass is 9.79. The SMILES string of the molecule is CCn1c2c(c(=O)[nH]c1=O)[C@H](c1ccc(C(C)(C)C)cc1)C1=C(N2)c2ccccc2C1=O. The molecule has 5 rings (SSSR count). The molecule has 1 atom stereocenters. The van der Waals surface area contributed by atoms with Gasteiger partial charge in [0.2, 0.25) is 0 Å². The van der Waals surface area contributed by atoms with E-state index in [1.165, 1.54) is 4.57 Å². The van der Waals surface area contributed by atoms with Crippen molar-refractivity contribution >= 4 is 17.3 Å². The molecule has 2 N–H and O–H groups in total. The molecule has 2 aromatic carbocycles. The number of aromatic amines is 1. The van der Waals surface area contributed by atoms with Crippen LogP contribution in [0, 0.1) is 0 Å². The third-order valence-corrected chi connectivity index (χ3v) is 6.44. The van der Waals surface area contributed by atoms with Crippen LogP contribution < -0.4 is 16.6 Å². The highest BCUT2D eigenvalue weighted by Gasteiger charge is 2.42. The van der Waals surface area contributed by atoms with Gasteiger partial charge in [-0.1, -0.05) is 69.3 Å². The van der Waals surface area contributed by atoms with Crippen LogP contribution in [0.4, 0.5) is 5.82 Å². The molecule has 1 aliphatic carbocycles. The van der Waals surface area contributed by atoms with E-state index >= 15 is 0 Å². The Bertz CT molecular complexity index is 1420. The Labute approximate surface area is 185 Å². The number of allylic oxidation sites excluding steroid dienone is 1. The molecule has 0 saturated heterocycles. The molecular weight excluding hydrogens is 402 g/mol. The molecule has 0 unspecified atom stereocenters. The minimum Gasteiger partial charge on any atom is -0.340 e. The maximum Gasteiger partial charge on any atom is 0.329 e. The second-order valence-corrected chi connectivity index (χ2v) is 9.36. The summed E-state index contributed by atoms with van der Waals surface area (Å²) in [5.41, 5.74) is 4.09. The third kappa shape index (κ3) is 2.83. The Morgan fingerprint density at radius 2 is 1.59 bits per heavy atom. The molecule has 3 aromatic rings. The molecular formula is C26H25N3O3. The fourth-order valence-electron chi connectivity index (χ4n) is 4.78. The third-order valence-electron chi connectivity index (χ3n) is 6.44. The largest absolute Gasteiger partial charge is 0.340 e. The lowest BCUT2D eigenvalue weighted by molar-refractivity contribution is 0.103. The molecule has 0 bridgehead atoms. The van der Waals surface area contributed by atoms with Gasteiger partial charge in [0.1, 0.15) is 5.82 Å². The number of H-pyrrole nitrogens is 1. The van der Waals surface area contributed by atoms with Gasteiger partial charge >= 0.3 is 5.69 Å². The molecule has 6 nitrogen and oxygen atoms in total. The van der Waals surface area contributed by atoms with Gasteiger partial charge in [0.05, 0.1) is 11.3 Å². The van der Waals surface area contributed by atoms with Crippen molar-refractivity contribution in [1.29, 1.82) is 0 Å². The molecule has 0 amide bonds. The minimum absolute atomic E-state index is 0.0193. The summed E-state index contributed by atoms with van der Waals surface area (Å²) in [6.07, 6.45) is 0. The number of rotatable bonds is 2. The van der Waals surface area contributed by atoms with Crippen LogP contribution in [-0.4, -0.2) is 15.3 Å². The molecule has 162 valence electrons. The average Bonchev–Trinajstić information content (AvgIpc) is 3.04. The van der Waals surface area contributed by atoms with E-state index < -0.39 is 17.2 Å². The fraction of sp³-hybridized carbons (Fsp3) is 0.269. The molecule has 2 aliphatic rings. The zero-order chi connectivity index (χ0) is 22.8. The molecule has 32 heavy (non-hydrogen) atoms. The molecule has 0 saturated carbocycles. The molecule has 0 fully saturated rings. The van der Waals surface area contributed by atoms with E-state index in [1.807, 2.05) is 49.4 Å². The summed E-state index contributed by atoms with van der Waals surface area (Å²) in [6, 6.07) is 15.5. The van der Waals surface area contributed by atoms with Crippen molar-refractivity contribution in [2.24, 2.45) is 0 Å². The van der Waals surface area contributed by atoms with Crippen molar-refractivity contribution in [2.75, 3.05) is 5.32 Å². The Hall–Kier alpha value is -3.67. The summed E-state index contributed by atoms with van der Waals surface area (Å²) in [6.45, 7) is 8.67. The quantitative estimate of drug-likeness (QED) is 0.647. The first-order valence-corrected chi connectivity index (χ1v) is 10.8. The Morgan fingerprint density at radius 3 is 2.22 bits per heavy atom. The predicted octanol–water partition coefficient (Wildman–Crippen LogP) is 4.02. The van der Waals surface area contributed by atoms with Gasteiger partial charge in [0, 0.05) is 29.2 Å². The first-order valence-electron chi connectivity index (χ1n) is 10.8. The van der Waals surface area contributed by atoms with Crippen LogP contribution in [0.1, 0.15) is 66.2 Å². The Morgan fingerprint density at radius 1 is 0.938 bits per heavy atom. The van der Waals surface area contributed by atoms with Gasteiger partial charge < -0.3 is 5.32 Å². The normalized spacial score (nSPS) is 17.0. The van der Waals surface area contributed by atoms with Crippen molar-refractivity contribution in [2.45, 2.75) is 45.6 Å². The summed E-state index contributed by atoms with van der Waals surface area (Å²) < 4.78 is 1.52. The minimum atomic E-state index is -0.572. The zero-order valence-electron chi connectivity index (χ0n) is 18.6. The number of Topliss-reactive ketones (excluding diaryl/α,β-unsaturated/α-hetero) is 1. The van der Waals surface area contributed by atoms with Crippen LogP contribution in [-0.2, 0) is 12.0 Å². The summed E-state index contributed by atoms with van der Waals surface area (Å²) in [5, 5.41) is 3.28.